The highest BCUT2D eigenvalue weighted by Gasteiger charge is 2.51. The van der Waals surface area contributed by atoms with Crippen molar-refractivity contribution in [3.8, 4) is 17.2 Å². The Hall–Kier alpha value is -3.26. The molecule has 5 nitrogen and oxygen atoms in total. The van der Waals surface area contributed by atoms with Crippen molar-refractivity contribution in [3.63, 3.8) is 0 Å². The number of rotatable bonds is 5. The molecule has 3 unspecified atom stereocenters. The van der Waals surface area contributed by atoms with Gasteiger partial charge in [-0.3, -0.25) is 0 Å². The standard InChI is InChI=1S/C23H21F6N3O2/c1-2-9-31-21(34)32-18(11-30)20(19(32)12-33)14-5-3-13(4-6-14)15-7-8-16(22(24,25)26)17(10-15)23(27,28)29/h3-8,10,18-20,33H,2,9,12H2,1H3,(H,31,34). The summed E-state index contributed by atoms with van der Waals surface area (Å²) in [6.45, 7) is 1.86. The summed E-state index contributed by atoms with van der Waals surface area (Å²) < 4.78 is 78.8. The maximum absolute atomic E-state index is 13.2. The average molecular weight is 485 g/mol. The topological polar surface area (TPSA) is 76.4 Å². The van der Waals surface area contributed by atoms with Crippen LogP contribution in [0.15, 0.2) is 42.5 Å². The fourth-order valence-corrected chi connectivity index (χ4v) is 4.11. The maximum atomic E-state index is 13.2. The number of hydrogen-bond acceptors (Lipinski definition) is 3. The number of carbonyl (C=O) groups is 1. The second-order valence-corrected chi connectivity index (χ2v) is 7.87. The van der Waals surface area contributed by atoms with Gasteiger partial charge in [-0.05, 0) is 35.2 Å². The fraction of sp³-hybridized carbons (Fsp3) is 0.391. The van der Waals surface area contributed by atoms with Crippen molar-refractivity contribution in [1.29, 1.82) is 5.26 Å². The van der Waals surface area contributed by atoms with Crippen LogP contribution in [-0.2, 0) is 12.4 Å². The van der Waals surface area contributed by atoms with Crippen LogP contribution in [0.5, 0.6) is 0 Å². The molecular formula is C23H21F6N3O2. The molecule has 1 aliphatic heterocycles. The van der Waals surface area contributed by atoms with Gasteiger partial charge in [0.05, 0.1) is 29.8 Å². The summed E-state index contributed by atoms with van der Waals surface area (Å²) in [5.41, 5.74) is -2.79. The number of aliphatic hydroxyl groups excluding tert-OH is 1. The SMILES string of the molecule is CCCNC(=O)N1C(C#N)C(c2ccc(-c3ccc(C(F)(F)F)c(C(F)(F)F)c3)cc2)C1CO. The number of likely N-dealkylation sites (tertiary alicyclic amines) is 1. The Morgan fingerprint density at radius 3 is 2.12 bits per heavy atom. The van der Waals surface area contributed by atoms with Gasteiger partial charge in [-0.2, -0.15) is 31.6 Å². The van der Waals surface area contributed by atoms with Gasteiger partial charge in [0.25, 0.3) is 0 Å². The highest BCUT2D eigenvalue weighted by atomic mass is 19.4. The lowest BCUT2D eigenvalue weighted by Crippen LogP contribution is -2.67. The highest BCUT2D eigenvalue weighted by Crippen LogP contribution is 2.43. The van der Waals surface area contributed by atoms with Crippen LogP contribution in [0.4, 0.5) is 31.1 Å². The molecule has 0 aromatic heterocycles. The Labute approximate surface area is 191 Å². The number of halogens is 6. The minimum atomic E-state index is -5.19. The zero-order chi connectivity index (χ0) is 25.3. The second kappa shape index (κ2) is 9.54. The van der Waals surface area contributed by atoms with E-state index in [0.29, 0.717) is 30.7 Å². The van der Waals surface area contributed by atoms with E-state index in [2.05, 4.69) is 5.32 Å². The number of alkyl halides is 6. The summed E-state index contributed by atoms with van der Waals surface area (Å²) in [7, 11) is 0. The molecule has 1 aliphatic rings. The second-order valence-electron chi connectivity index (χ2n) is 7.87. The third-order valence-corrected chi connectivity index (χ3v) is 5.75. The van der Waals surface area contributed by atoms with Gasteiger partial charge < -0.3 is 15.3 Å². The van der Waals surface area contributed by atoms with Crippen LogP contribution >= 0.6 is 0 Å². The molecular weight excluding hydrogens is 464 g/mol. The summed E-state index contributed by atoms with van der Waals surface area (Å²) in [5, 5.41) is 22.0. The molecule has 1 saturated heterocycles. The van der Waals surface area contributed by atoms with Crippen LogP contribution in [0.1, 0.15) is 36.0 Å². The number of nitrogens with one attached hydrogen (secondary N) is 1. The van der Waals surface area contributed by atoms with E-state index >= 15 is 0 Å². The molecule has 2 N–H and O–H groups in total. The van der Waals surface area contributed by atoms with Gasteiger partial charge in [0.15, 0.2) is 0 Å². The first-order valence-electron chi connectivity index (χ1n) is 10.4. The van der Waals surface area contributed by atoms with Crippen molar-refractivity contribution in [3.05, 3.63) is 59.2 Å². The van der Waals surface area contributed by atoms with E-state index in [-0.39, 0.29) is 11.1 Å². The minimum Gasteiger partial charge on any atom is -0.394 e. The van der Waals surface area contributed by atoms with E-state index in [1.165, 1.54) is 29.2 Å². The summed E-state index contributed by atoms with van der Waals surface area (Å²) in [4.78, 5) is 13.6. The zero-order valence-electron chi connectivity index (χ0n) is 17.9. The third-order valence-electron chi connectivity index (χ3n) is 5.75. The minimum absolute atomic E-state index is 0.0587. The molecule has 1 fully saturated rings. The summed E-state index contributed by atoms with van der Waals surface area (Å²) >= 11 is 0. The fourth-order valence-electron chi connectivity index (χ4n) is 4.11. The number of nitrogens with zero attached hydrogens (tertiary/aromatic N) is 2. The van der Waals surface area contributed by atoms with Gasteiger partial charge in [0, 0.05) is 12.5 Å². The van der Waals surface area contributed by atoms with Gasteiger partial charge in [-0.25, -0.2) is 4.79 Å². The monoisotopic (exact) mass is 485 g/mol. The predicted molar refractivity (Wildman–Crippen MR) is 110 cm³/mol. The first-order valence-corrected chi connectivity index (χ1v) is 10.4. The van der Waals surface area contributed by atoms with Gasteiger partial charge in [-0.1, -0.05) is 37.3 Å². The van der Waals surface area contributed by atoms with Gasteiger partial charge >= 0.3 is 18.4 Å². The Morgan fingerprint density at radius 1 is 1.03 bits per heavy atom. The number of nitriles is 1. The zero-order valence-corrected chi connectivity index (χ0v) is 17.9. The van der Waals surface area contributed by atoms with E-state index in [0.717, 1.165) is 6.07 Å². The molecule has 34 heavy (non-hydrogen) atoms. The number of hydrogen-bond donors (Lipinski definition) is 2. The van der Waals surface area contributed by atoms with Crippen molar-refractivity contribution in [1.82, 2.24) is 10.2 Å². The Balaban J connectivity index is 1.89. The molecule has 11 heteroatoms. The molecule has 3 atom stereocenters. The summed E-state index contributed by atoms with van der Waals surface area (Å²) in [6.07, 6.45) is -9.66. The maximum Gasteiger partial charge on any atom is 0.417 e. The van der Waals surface area contributed by atoms with E-state index in [4.69, 9.17) is 0 Å². The van der Waals surface area contributed by atoms with Gasteiger partial charge in [0.2, 0.25) is 0 Å². The molecule has 182 valence electrons. The number of amides is 2. The summed E-state index contributed by atoms with van der Waals surface area (Å²) in [6, 6.07) is 7.76. The quantitative estimate of drug-likeness (QED) is 0.575. The molecule has 0 aliphatic carbocycles. The molecule has 2 aromatic carbocycles. The smallest absolute Gasteiger partial charge is 0.394 e. The Morgan fingerprint density at radius 2 is 1.62 bits per heavy atom. The number of aliphatic hydroxyl groups is 1. The van der Waals surface area contributed by atoms with Crippen LogP contribution in [-0.4, -0.2) is 41.3 Å². The lowest BCUT2D eigenvalue weighted by Gasteiger charge is -2.51. The number of benzene rings is 2. The predicted octanol–water partition coefficient (Wildman–Crippen LogP) is 5.16. The molecule has 0 saturated carbocycles. The van der Waals surface area contributed by atoms with Crippen molar-refractivity contribution < 1.29 is 36.2 Å². The Bertz CT molecular complexity index is 1080. The molecule has 0 radical (unpaired) electrons. The van der Waals surface area contributed by atoms with E-state index in [1.54, 1.807) is 0 Å². The molecule has 3 rings (SSSR count). The third kappa shape index (κ3) is 4.82. The first-order chi connectivity index (χ1) is 15.9. The normalized spacial score (nSPS) is 20.4. The van der Waals surface area contributed by atoms with Crippen LogP contribution in [0.3, 0.4) is 0 Å². The van der Waals surface area contributed by atoms with Crippen molar-refractivity contribution in [2.45, 2.75) is 43.7 Å². The van der Waals surface area contributed by atoms with Gasteiger partial charge in [-0.15, -0.1) is 0 Å². The number of urea groups is 1. The van der Waals surface area contributed by atoms with Crippen molar-refractivity contribution in [2.75, 3.05) is 13.2 Å². The van der Waals surface area contributed by atoms with E-state index in [9.17, 15) is 41.5 Å². The van der Waals surface area contributed by atoms with Crippen LogP contribution in [0.25, 0.3) is 11.1 Å². The molecule has 0 spiro atoms. The van der Waals surface area contributed by atoms with E-state index in [1.807, 2.05) is 13.0 Å². The largest absolute Gasteiger partial charge is 0.417 e. The molecule has 2 amide bonds. The molecule has 0 bridgehead atoms. The lowest BCUT2D eigenvalue weighted by atomic mass is 9.75. The number of carbonyl (C=O) groups excluding carboxylic acids is 1. The van der Waals surface area contributed by atoms with Gasteiger partial charge in [0.1, 0.15) is 6.04 Å². The van der Waals surface area contributed by atoms with Crippen LogP contribution in [0, 0.1) is 11.3 Å². The lowest BCUT2D eigenvalue weighted by molar-refractivity contribution is -0.162. The molecule has 2 aromatic rings. The van der Waals surface area contributed by atoms with Crippen LogP contribution in [0.2, 0.25) is 0 Å². The van der Waals surface area contributed by atoms with Crippen LogP contribution < -0.4 is 5.32 Å². The van der Waals surface area contributed by atoms with E-state index < -0.39 is 54.1 Å². The van der Waals surface area contributed by atoms with Crippen molar-refractivity contribution in [2.24, 2.45) is 0 Å². The van der Waals surface area contributed by atoms with Crippen molar-refractivity contribution >= 4 is 6.03 Å². The average Bonchev–Trinajstić information content (AvgIpc) is 2.76. The first kappa shape index (κ1) is 25.4. The molecule has 1 heterocycles. The summed E-state index contributed by atoms with van der Waals surface area (Å²) in [5.74, 6) is -0.533. The Kier molecular flexibility index (Phi) is 7.12. The highest BCUT2D eigenvalue weighted by molar-refractivity contribution is 5.77.